The fourth-order valence-electron chi connectivity index (χ4n) is 2.76. The molecule has 94 valence electrons. The van der Waals surface area contributed by atoms with Crippen molar-refractivity contribution in [3.63, 3.8) is 0 Å². The van der Waals surface area contributed by atoms with Crippen LogP contribution in [0.15, 0.2) is 24.3 Å². The van der Waals surface area contributed by atoms with Gasteiger partial charge in [-0.2, -0.15) is 0 Å². The summed E-state index contributed by atoms with van der Waals surface area (Å²) in [6.07, 6.45) is 2.61. The summed E-state index contributed by atoms with van der Waals surface area (Å²) < 4.78 is 0. The zero-order valence-electron chi connectivity index (χ0n) is 11.1. The lowest BCUT2D eigenvalue weighted by Gasteiger charge is -2.41. The monoisotopic (exact) mass is 233 g/mol. The lowest BCUT2D eigenvalue weighted by atomic mass is 9.83. The Hall–Kier alpha value is -1.02. The average Bonchev–Trinajstić information content (AvgIpc) is 2.28. The summed E-state index contributed by atoms with van der Waals surface area (Å²) in [5.74, 6) is 0.347. The minimum Gasteiger partial charge on any atom is -0.508 e. The van der Waals surface area contributed by atoms with Gasteiger partial charge in [-0.3, -0.25) is 4.90 Å². The molecule has 0 aliphatic carbocycles. The van der Waals surface area contributed by atoms with Crippen molar-refractivity contribution in [2.24, 2.45) is 5.41 Å². The van der Waals surface area contributed by atoms with Crippen LogP contribution in [0.4, 0.5) is 0 Å². The maximum absolute atomic E-state index is 9.32. The molecule has 1 fully saturated rings. The van der Waals surface area contributed by atoms with E-state index >= 15 is 0 Å². The van der Waals surface area contributed by atoms with E-state index < -0.39 is 0 Å². The SMILES string of the molecule is CC(c1ccc(O)cc1)N1CCCC(C)(C)C1. The molecule has 1 heterocycles. The maximum Gasteiger partial charge on any atom is 0.115 e. The van der Waals surface area contributed by atoms with Crippen molar-refractivity contribution < 1.29 is 5.11 Å². The van der Waals surface area contributed by atoms with Crippen LogP contribution in [-0.2, 0) is 0 Å². The first-order valence-corrected chi connectivity index (χ1v) is 6.51. The summed E-state index contributed by atoms with van der Waals surface area (Å²) >= 11 is 0. The van der Waals surface area contributed by atoms with Crippen LogP contribution in [0.25, 0.3) is 0 Å². The quantitative estimate of drug-likeness (QED) is 0.844. The molecule has 1 aliphatic heterocycles. The molecule has 0 bridgehead atoms. The summed E-state index contributed by atoms with van der Waals surface area (Å²) in [6.45, 7) is 9.31. The molecule has 0 amide bonds. The van der Waals surface area contributed by atoms with Crippen LogP contribution in [0.2, 0.25) is 0 Å². The van der Waals surface area contributed by atoms with Crippen molar-refractivity contribution in [2.75, 3.05) is 13.1 Å². The van der Waals surface area contributed by atoms with E-state index in [9.17, 15) is 5.11 Å². The van der Waals surface area contributed by atoms with Crippen molar-refractivity contribution in [1.82, 2.24) is 4.90 Å². The molecule has 1 aliphatic rings. The van der Waals surface area contributed by atoms with Crippen molar-refractivity contribution in [3.05, 3.63) is 29.8 Å². The smallest absolute Gasteiger partial charge is 0.115 e. The van der Waals surface area contributed by atoms with Crippen LogP contribution in [0.3, 0.4) is 0 Å². The first-order chi connectivity index (χ1) is 7.98. The van der Waals surface area contributed by atoms with Crippen molar-refractivity contribution in [1.29, 1.82) is 0 Å². The first kappa shape index (κ1) is 12.4. The highest BCUT2D eigenvalue weighted by Gasteiger charge is 2.29. The Morgan fingerprint density at radius 2 is 1.88 bits per heavy atom. The summed E-state index contributed by atoms with van der Waals surface area (Å²) in [7, 11) is 0. The van der Waals surface area contributed by atoms with Gasteiger partial charge in [0.1, 0.15) is 5.75 Å². The number of hydrogen-bond acceptors (Lipinski definition) is 2. The van der Waals surface area contributed by atoms with E-state index in [0.717, 1.165) is 6.54 Å². The van der Waals surface area contributed by atoms with E-state index in [2.05, 4.69) is 25.7 Å². The van der Waals surface area contributed by atoms with Gasteiger partial charge in [-0.15, -0.1) is 0 Å². The molecule has 0 aromatic heterocycles. The van der Waals surface area contributed by atoms with Gasteiger partial charge in [0, 0.05) is 12.6 Å². The van der Waals surface area contributed by atoms with Gasteiger partial charge in [0.25, 0.3) is 0 Å². The first-order valence-electron chi connectivity index (χ1n) is 6.51. The molecule has 2 nitrogen and oxygen atoms in total. The average molecular weight is 233 g/mol. The van der Waals surface area contributed by atoms with Gasteiger partial charge in [-0.25, -0.2) is 0 Å². The van der Waals surface area contributed by atoms with Crippen LogP contribution in [0, 0.1) is 5.41 Å². The molecule has 0 saturated carbocycles. The zero-order valence-corrected chi connectivity index (χ0v) is 11.1. The number of nitrogens with zero attached hydrogens (tertiary/aromatic N) is 1. The third-order valence-electron chi connectivity index (χ3n) is 3.85. The number of piperidine rings is 1. The number of rotatable bonds is 2. The molecule has 1 saturated heterocycles. The van der Waals surface area contributed by atoms with E-state index in [-0.39, 0.29) is 0 Å². The number of phenols is 1. The standard InChI is InChI=1S/C15H23NO/c1-12(13-5-7-14(17)8-6-13)16-10-4-9-15(2,3)11-16/h5-8,12,17H,4,9-11H2,1-3H3. The molecule has 0 spiro atoms. The van der Waals surface area contributed by atoms with Gasteiger partial charge in [-0.05, 0) is 49.4 Å². The van der Waals surface area contributed by atoms with Crippen LogP contribution in [0.1, 0.15) is 45.2 Å². The van der Waals surface area contributed by atoms with Gasteiger partial charge in [0.2, 0.25) is 0 Å². The van der Waals surface area contributed by atoms with Crippen molar-refractivity contribution in [2.45, 2.75) is 39.7 Å². The number of hydrogen-bond donors (Lipinski definition) is 1. The molecule has 1 aromatic rings. The van der Waals surface area contributed by atoms with E-state index in [4.69, 9.17) is 0 Å². The summed E-state index contributed by atoms with van der Waals surface area (Å²) in [5, 5.41) is 9.32. The predicted molar refractivity (Wildman–Crippen MR) is 71.1 cm³/mol. The second-order valence-corrected chi connectivity index (χ2v) is 6.01. The maximum atomic E-state index is 9.32. The third kappa shape index (κ3) is 3.01. The van der Waals surface area contributed by atoms with Gasteiger partial charge < -0.3 is 5.11 Å². The molecule has 0 radical (unpaired) electrons. The van der Waals surface area contributed by atoms with E-state index in [1.807, 2.05) is 12.1 Å². The Kier molecular flexibility index (Phi) is 3.43. The van der Waals surface area contributed by atoms with E-state index in [1.54, 1.807) is 12.1 Å². The zero-order chi connectivity index (χ0) is 12.5. The largest absolute Gasteiger partial charge is 0.508 e. The van der Waals surface area contributed by atoms with Crippen LogP contribution in [-0.4, -0.2) is 23.1 Å². The van der Waals surface area contributed by atoms with Gasteiger partial charge in [-0.1, -0.05) is 26.0 Å². The van der Waals surface area contributed by atoms with Crippen molar-refractivity contribution in [3.8, 4) is 5.75 Å². The number of aromatic hydroxyl groups is 1. The highest BCUT2D eigenvalue weighted by molar-refractivity contribution is 5.27. The molecule has 2 heteroatoms. The molecular formula is C15H23NO. The van der Waals surface area contributed by atoms with E-state index in [0.29, 0.717) is 17.2 Å². The normalized spacial score (nSPS) is 22.3. The number of phenolic OH excluding ortho intramolecular Hbond substituents is 1. The Balaban J connectivity index is 2.09. The fraction of sp³-hybridized carbons (Fsp3) is 0.600. The molecule has 17 heavy (non-hydrogen) atoms. The van der Waals surface area contributed by atoms with Crippen LogP contribution >= 0.6 is 0 Å². The number of likely N-dealkylation sites (tertiary alicyclic amines) is 1. The summed E-state index contributed by atoms with van der Waals surface area (Å²) in [6, 6.07) is 8.06. The van der Waals surface area contributed by atoms with Crippen LogP contribution in [0.5, 0.6) is 5.75 Å². The van der Waals surface area contributed by atoms with E-state index in [1.165, 1.54) is 24.9 Å². The van der Waals surface area contributed by atoms with Crippen LogP contribution < -0.4 is 0 Å². The molecule has 1 atom stereocenters. The van der Waals surface area contributed by atoms with Crippen molar-refractivity contribution >= 4 is 0 Å². The highest BCUT2D eigenvalue weighted by atomic mass is 16.3. The molecule has 2 rings (SSSR count). The van der Waals surface area contributed by atoms with Gasteiger partial charge >= 0.3 is 0 Å². The number of benzene rings is 1. The minimum absolute atomic E-state index is 0.347. The summed E-state index contributed by atoms with van der Waals surface area (Å²) in [5.41, 5.74) is 1.73. The second-order valence-electron chi connectivity index (χ2n) is 6.01. The molecule has 1 N–H and O–H groups in total. The highest BCUT2D eigenvalue weighted by Crippen LogP contribution is 2.33. The predicted octanol–water partition coefficient (Wildman–Crippen LogP) is 3.58. The lowest BCUT2D eigenvalue weighted by Crippen LogP contribution is -2.41. The summed E-state index contributed by atoms with van der Waals surface area (Å²) in [4.78, 5) is 2.55. The Morgan fingerprint density at radius 3 is 2.47 bits per heavy atom. The molecule has 1 aromatic carbocycles. The van der Waals surface area contributed by atoms with Gasteiger partial charge in [0.05, 0.1) is 0 Å². The minimum atomic E-state index is 0.347. The Morgan fingerprint density at radius 1 is 1.24 bits per heavy atom. The molecule has 1 unspecified atom stereocenters. The second kappa shape index (κ2) is 4.69. The Labute approximate surface area is 104 Å². The Bertz CT molecular complexity index is 369. The third-order valence-corrected chi connectivity index (χ3v) is 3.85. The van der Waals surface area contributed by atoms with Gasteiger partial charge in [0.15, 0.2) is 0 Å². The molecular weight excluding hydrogens is 210 g/mol. The topological polar surface area (TPSA) is 23.5 Å². The lowest BCUT2D eigenvalue weighted by molar-refractivity contribution is 0.0846. The fourth-order valence-corrected chi connectivity index (χ4v) is 2.76.